The van der Waals surface area contributed by atoms with Crippen molar-refractivity contribution in [1.82, 2.24) is 16.0 Å². The first-order valence-corrected chi connectivity index (χ1v) is 15.1. The van der Waals surface area contributed by atoms with Crippen molar-refractivity contribution in [3.05, 3.63) is 34.4 Å². The molecule has 0 aromatic rings. The number of hydrogen-bond donors (Lipinski definition) is 6. The third kappa shape index (κ3) is 8.23. The molecule has 6 atom stereocenters. The highest BCUT2D eigenvalue weighted by Crippen LogP contribution is 2.36. The molecular weight excluding hydrogens is 462 g/mol. The minimum absolute atomic E-state index is 0.0147. The molecule has 0 aromatic carbocycles. The van der Waals surface area contributed by atoms with E-state index in [2.05, 4.69) is 48.9 Å². The number of aliphatic hydroxyl groups is 3. The van der Waals surface area contributed by atoms with Crippen molar-refractivity contribution in [1.29, 1.82) is 0 Å². The van der Waals surface area contributed by atoms with Gasteiger partial charge >= 0.3 is 0 Å². The van der Waals surface area contributed by atoms with Gasteiger partial charge in [-0.05, 0) is 122 Å². The predicted molar refractivity (Wildman–Crippen MR) is 151 cm³/mol. The molecule has 0 radical (unpaired) electrons. The van der Waals surface area contributed by atoms with Gasteiger partial charge in [-0.2, -0.15) is 0 Å². The fraction of sp³-hybridized carbons (Fsp3) is 0.806. The second-order valence-electron chi connectivity index (χ2n) is 13.0. The minimum atomic E-state index is -0.705. The summed E-state index contributed by atoms with van der Waals surface area (Å²) >= 11 is 0. The summed E-state index contributed by atoms with van der Waals surface area (Å²) in [4.78, 5) is 0. The monoisotopic (exact) mass is 515 g/mol. The van der Waals surface area contributed by atoms with E-state index in [0.717, 1.165) is 76.5 Å². The van der Waals surface area contributed by atoms with Crippen LogP contribution < -0.4 is 16.0 Å². The molecule has 0 spiro atoms. The zero-order valence-corrected chi connectivity index (χ0v) is 23.6. The predicted octanol–water partition coefficient (Wildman–Crippen LogP) is 4.43. The Morgan fingerprint density at radius 2 is 1.76 bits per heavy atom. The van der Waals surface area contributed by atoms with E-state index in [1.165, 1.54) is 36.0 Å². The van der Waals surface area contributed by atoms with Gasteiger partial charge < -0.3 is 20.6 Å². The van der Waals surface area contributed by atoms with Crippen molar-refractivity contribution in [3.63, 3.8) is 0 Å². The summed E-state index contributed by atoms with van der Waals surface area (Å²) in [6, 6.07) is -0.217. The molecule has 210 valence electrons. The first-order chi connectivity index (χ1) is 17.7. The molecule has 4 rings (SSSR count). The second kappa shape index (κ2) is 13.4. The van der Waals surface area contributed by atoms with Gasteiger partial charge in [-0.1, -0.05) is 28.9 Å². The van der Waals surface area contributed by atoms with Crippen LogP contribution in [0.3, 0.4) is 0 Å². The van der Waals surface area contributed by atoms with Crippen LogP contribution in [0.2, 0.25) is 0 Å². The average Bonchev–Trinajstić information content (AvgIpc) is 2.87. The van der Waals surface area contributed by atoms with E-state index >= 15 is 0 Å². The van der Waals surface area contributed by atoms with Crippen LogP contribution in [-0.4, -0.2) is 58.5 Å². The standard InChI is InChI=1S/C31H53N3O3/c1-31(2,3)34-30(37)25-14-8-7-12-22(25)19-28(35)27(18-21-10-5-4-6-11-21)33-29(36)26-15-9-13-23-20-32-17-16-24(23)26/h10,12,23,25,27-30,32-37H,4-9,11,13-20H2,1-3H3/t23-,25?,27+,28-,29?,30?/m1/s1. The topological polar surface area (TPSA) is 96.8 Å². The lowest BCUT2D eigenvalue weighted by molar-refractivity contribution is 0.0462. The summed E-state index contributed by atoms with van der Waals surface area (Å²) in [6.45, 7) is 8.23. The maximum absolute atomic E-state index is 11.6. The van der Waals surface area contributed by atoms with Gasteiger partial charge in [0.05, 0.1) is 6.10 Å². The van der Waals surface area contributed by atoms with Crippen LogP contribution >= 0.6 is 0 Å². The zero-order chi connectivity index (χ0) is 26.4. The minimum Gasteiger partial charge on any atom is -0.391 e. The molecule has 0 aromatic heterocycles. The molecule has 6 nitrogen and oxygen atoms in total. The molecule has 6 heteroatoms. The Labute approximate surface area is 225 Å². The second-order valence-corrected chi connectivity index (χ2v) is 13.0. The van der Waals surface area contributed by atoms with E-state index in [-0.39, 0.29) is 17.5 Å². The van der Waals surface area contributed by atoms with Gasteiger partial charge in [0, 0.05) is 24.0 Å². The largest absolute Gasteiger partial charge is 0.391 e. The quantitative estimate of drug-likeness (QED) is 0.190. The summed E-state index contributed by atoms with van der Waals surface area (Å²) < 4.78 is 0. The number of fused-ring (bicyclic) bond motifs is 1. The lowest BCUT2D eigenvalue weighted by Crippen LogP contribution is -2.50. The summed E-state index contributed by atoms with van der Waals surface area (Å²) in [7, 11) is 0. The molecule has 0 bridgehead atoms. The van der Waals surface area contributed by atoms with Gasteiger partial charge in [-0.25, -0.2) is 0 Å². The number of nitrogens with one attached hydrogen (secondary N) is 3. The maximum atomic E-state index is 11.6. The van der Waals surface area contributed by atoms with Crippen LogP contribution in [0.4, 0.5) is 0 Å². The molecule has 3 aliphatic carbocycles. The first-order valence-electron chi connectivity index (χ1n) is 15.1. The number of hydrogen-bond acceptors (Lipinski definition) is 6. The van der Waals surface area contributed by atoms with Gasteiger partial charge in [-0.15, -0.1) is 0 Å². The molecule has 37 heavy (non-hydrogen) atoms. The first kappa shape index (κ1) is 29.0. The molecule has 3 unspecified atom stereocenters. The highest BCUT2D eigenvalue weighted by atomic mass is 16.3. The van der Waals surface area contributed by atoms with Crippen LogP contribution in [0.5, 0.6) is 0 Å². The highest BCUT2D eigenvalue weighted by Gasteiger charge is 2.34. The van der Waals surface area contributed by atoms with Crippen molar-refractivity contribution >= 4 is 0 Å². The summed E-state index contributed by atoms with van der Waals surface area (Å²) in [5.74, 6) is 0.559. The van der Waals surface area contributed by atoms with E-state index in [1.54, 1.807) is 0 Å². The van der Waals surface area contributed by atoms with Gasteiger partial charge in [-0.3, -0.25) is 10.6 Å². The number of aliphatic hydroxyl groups excluding tert-OH is 3. The number of allylic oxidation sites excluding steroid dienone is 2. The van der Waals surface area contributed by atoms with E-state index in [1.807, 2.05) is 0 Å². The molecule has 6 N–H and O–H groups in total. The fourth-order valence-corrected chi connectivity index (χ4v) is 7.00. The SMILES string of the molecule is CC(C)(C)NC(O)C1CCCC=C1C[C@@H](O)[C@H](CC1=CCCCC1)NC(O)C1=C2CCNC[C@H]2CCC1. The smallest absolute Gasteiger partial charge is 0.127 e. The Morgan fingerprint density at radius 1 is 0.946 bits per heavy atom. The van der Waals surface area contributed by atoms with Crippen LogP contribution in [-0.2, 0) is 0 Å². The molecule has 1 saturated heterocycles. The Kier molecular flexibility index (Phi) is 10.5. The summed E-state index contributed by atoms with van der Waals surface area (Å²) in [6.07, 6.45) is 15.9. The van der Waals surface area contributed by atoms with E-state index in [0.29, 0.717) is 12.3 Å². The highest BCUT2D eigenvalue weighted by molar-refractivity contribution is 5.26. The fourth-order valence-electron chi connectivity index (χ4n) is 7.00. The van der Waals surface area contributed by atoms with E-state index in [4.69, 9.17) is 0 Å². The molecule has 0 amide bonds. The Bertz CT molecular complexity index is 843. The van der Waals surface area contributed by atoms with Gasteiger partial charge in [0.2, 0.25) is 0 Å². The van der Waals surface area contributed by atoms with Gasteiger partial charge in [0.15, 0.2) is 0 Å². The van der Waals surface area contributed by atoms with Gasteiger partial charge in [0.1, 0.15) is 12.5 Å². The van der Waals surface area contributed by atoms with Crippen molar-refractivity contribution in [2.24, 2.45) is 11.8 Å². The number of piperidine rings is 1. The summed E-state index contributed by atoms with van der Waals surface area (Å²) in [5.41, 5.74) is 5.00. The van der Waals surface area contributed by atoms with Crippen LogP contribution in [0.1, 0.15) is 104 Å². The maximum Gasteiger partial charge on any atom is 0.127 e. The van der Waals surface area contributed by atoms with Crippen molar-refractivity contribution in [2.45, 2.75) is 134 Å². The number of rotatable bonds is 10. The van der Waals surface area contributed by atoms with Crippen LogP contribution in [0.25, 0.3) is 0 Å². The molecule has 1 aliphatic heterocycles. The average molecular weight is 516 g/mol. The lowest BCUT2D eigenvalue weighted by Gasteiger charge is -2.38. The van der Waals surface area contributed by atoms with Crippen LogP contribution in [0.15, 0.2) is 34.4 Å². The third-order valence-electron chi connectivity index (χ3n) is 8.91. The molecule has 1 fully saturated rings. The zero-order valence-electron chi connectivity index (χ0n) is 23.6. The molecular formula is C31H53N3O3. The van der Waals surface area contributed by atoms with Crippen molar-refractivity contribution in [3.8, 4) is 0 Å². The third-order valence-corrected chi connectivity index (χ3v) is 8.91. The summed E-state index contributed by atoms with van der Waals surface area (Å²) in [5, 5.41) is 44.5. The lowest BCUT2D eigenvalue weighted by atomic mass is 9.78. The van der Waals surface area contributed by atoms with Crippen molar-refractivity contribution in [2.75, 3.05) is 13.1 Å². The Balaban J connectivity index is 1.49. The van der Waals surface area contributed by atoms with Crippen molar-refractivity contribution < 1.29 is 15.3 Å². The van der Waals surface area contributed by atoms with E-state index in [9.17, 15) is 15.3 Å². The molecule has 0 saturated carbocycles. The van der Waals surface area contributed by atoms with E-state index < -0.39 is 18.6 Å². The van der Waals surface area contributed by atoms with Gasteiger partial charge in [0.25, 0.3) is 0 Å². The molecule has 4 aliphatic rings. The van der Waals surface area contributed by atoms with Crippen LogP contribution in [0, 0.1) is 11.8 Å². The molecule has 1 heterocycles. The normalized spacial score (nSPS) is 28.6. The Hall–Kier alpha value is -1.02. The Morgan fingerprint density at radius 3 is 2.51 bits per heavy atom.